The second-order valence-electron chi connectivity index (χ2n) is 7.11. The lowest BCUT2D eigenvalue weighted by Crippen LogP contribution is -2.35. The lowest BCUT2D eigenvalue weighted by atomic mass is 9.76. The van der Waals surface area contributed by atoms with E-state index in [1.807, 2.05) is 12.1 Å². The molecule has 132 valence electrons. The van der Waals surface area contributed by atoms with Gasteiger partial charge < -0.3 is 5.11 Å². The van der Waals surface area contributed by atoms with E-state index in [1.54, 1.807) is 40.0 Å². The fraction of sp³-hybridized carbons (Fsp3) is 0.368. The second kappa shape index (κ2) is 5.79. The molecule has 3 heterocycles. The van der Waals surface area contributed by atoms with Gasteiger partial charge in [-0.2, -0.15) is 5.10 Å². The first-order valence-electron chi connectivity index (χ1n) is 8.95. The number of benzene rings is 1. The molecular formula is C19H19N5O2. The summed E-state index contributed by atoms with van der Waals surface area (Å²) in [6.45, 7) is 0. The predicted octanol–water partition coefficient (Wildman–Crippen LogP) is 2.19. The standard InChI is InChI=1S/C19H19N5O2/c25-15-3-1-12(2-4-15)13-9-14(10-13)24-19(26)23-17(5-6-18(23)22-24)16-11-20-7-8-21-16/h1-4,7-8,11,13-14,17,25H,5-6,9-10H2/t13?,14?,17-/m0/s1. The van der Waals surface area contributed by atoms with Crippen LogP contribution in [0.1, 0.15) is 54.3 Å². The van der Waals surface area contributed by atoms with Gasteiger partial charge in [0.1, 0.15) is 11.6 Å². The Morgan fingerprint density at radius 1 is 1.12 bits per heavy atom. The van der Waals surface area contributed by atoms with Gasteiger partial charge in [0.2, 0.25) is 0 Å². The molecule has 7 heteroatoms. The largest absolute Gasteiger partial charge is 0.508 e. The molecule has 0 radical (unpaired) electrons. The lowest BCUT2D eigenvalue weighted by Gasteiger charge is -2.35. The van der Waals surface area contributed by atoms with Crippen molar-refractivity contribution < 1.29 is 5.11 Å². The van der Waals surface area contributed by atoms with Crippen molar-refractivity contribution in [3.05, 3.63) is 70.4 Å². The maximum atomic E-state index is 12.9. The SMILES string of the molecule is O=c1n(C2CC(c3ccc(O)cc3)C2)nc2n1[C@H](c1cnccn1)CC2. The van der Waals surface area contributed by atoms with Crippen LogP contribution in [0.15, 0.2) is 47.7 Å². The number of nitrogens with zero attached hydrogens (tertiary/aromatic N) is 5. The summed E-state index contributed by atoms with van der Waals surface area (Å²) in [7, 11) is 0. The van der Waals surface area contributed by atoms with Crippen molar-refractivity contribution in [2.75, 3.05) is 0 Å². The minimum absolute atomic E-state index is 0.0395. The fourth-order valence-electron chi connectivity index (χ4n) is 4.12. The number of phenols is 1. The minimum atomic E-state index is -0.0621. The van der Waals surface area contributed by atoms with Crippen molar-refractivity contribution in [3.8, 4) is 5.75 Å². The summed E-state index contributed by atoms with van der Waals surface area (Å²) in [6.07, 6.45) is 8.47. The number of aryl methyl sites for hydroxylation is 1. The zero-order chi connectivity index (χ0) is 17.7. The van der Waals surface area contributed by atoms with Crippen molar-refractivity contribution in [1.29, 1.82) is 0 Å². The zero-order valence-corrected chi connectivity index (χ0v) is 14.2. The Morgan fingerprint density at radius 3 is 2.65 bits per heavy atom. The van der Waals surface area contributed by atoms with Crippen LogP contribution in [0.4, 0.5) is 0 Å². The van der Waals surface area contributed by atoms with Gasteiger partial charge in [0.15, 0.2) is 0 Å². The van der Waals surface area contributed by atoms with Crippen LogP contribution in [0.5, 0.6) is 5.75 Å². The molecule has 1 atom stereocenters. The molecule has 26 heavy (non-hydrogen) atoms. The summed E-state index contributed by atoms with van der Waals surface area (Å²) in [4.78, 5) is 21.4. The van der Waals surface area contributed by atoms with Crippen molar-refractivity contribution in [1.82, 2.24) is 24.3 Å². The van der Waals surface area contributed by atoms with E-state index in [9.17, 15) is 9.90 Å². The average Bonchev–Trinajstić information content (AvgIpc) is 3.17. The van der Waals surface area contributed by atoms with Gasteiger partial charge in [-0.05, 0) is 42.9 Å². The van der Waals surface area contributed by atoms with E-state index in [4.69, 9.17) is 0 Å². The number of aromatic nitrogens is 5. The Bertz CT molecular complexity index is 987. The highest BCUT2D eigenvalue weighted by Gasteiger charge is 2.37. The summed E-state index contributed by atoms with van der Waals surface area (Å²) in [5.74, 6) is 1.54. The fourth-order valence-corrected chi connectivity index (χ4v) is 4.12. The first kappa shape index (κ1) is 15.3. The van der Waals surface area contributed by atoms with E-state index >= 15 is 0 Å². The van der Waals surface area contributed by atoms with Crippen LogP contribution in [0.2, 0.25) is 0 Å². The van der Waals surface area contributed by atoms with Gasteiger partial charge in [-0.3, -0.25) is 14.5 Å². The van der Waals surface area contributed by atoms with Gasteiger partial charge in [-0.25, -0.2) is 9.48 Å². The third-order valence-electron chi connectivity index (χ3n) is 5.60. The van der Waals surface area contributed by atoms with Gasteiger partial charge in [-0.15, -0.1) is 0 Å². The summed E-state index contributed by atoms with van der Waals surface area (Å²) < 4.78 is 3.45. The van der Waals surface area contributed by atoms with Crippen LogP contribution in [-0.2, 0) is 6.42 Å². The molecule has 0 amide bonds. The van der Waals surface area contributed by atoms with E-state index in [-0.39, 0.29) is 23.5 Å². The van der Waals surface area contributed by atoms with Gasteiger partial charge >= 0.3 is 5.69 Å². The lowest BCUT2D eigenvalue weighted by molar-refractivity contribution is 0.236. The van der Waals surface area contributed by atoms with Crippen LogP contribution in [0.25, 0.3) is 0 Å². The predicted molar refractivity (Wildman–Crippen MR) is 94.1 cm³/mol. The summed E-state index contributed by atoms with van der Waals surface area (Å²) in [5.41, 5.74) is 1.99. The number of fused-ring (bicyclic) bond motifs is 1. The zero-order valence-electron chi connectivity index (χ0n) is 14.2. The molecule has 1 N–H and O–H groups in total. The number of phenolic OH excluding ortho intramolecular Hbond substituents is 1. The average molecular weight is 349 g/mol. The van der Waals surface area contributed by atoms with Crippen LogP contribution in [0.3, 0.4) is 0 Å². The number of aromatic hydroxyl groups is 1. The molecule has 0 bridgehead atoms. The first-order valence-corrected chi connectivity index (χ1v) is 8.95. The molecule has 2 aromatic heterocycles. The van der Waals surface area contributed by atoms with Crippen LogP contribution >= 0.6 is 0 Å². The molecule has 1 aliphatic heterocycles. The van der Waals surface area contributed by atoms with Crippen LogP contribution in [-0.4, -0.2) is 29.4 Å². The van der Waals surface area contributed by atoms with Crippen LogP contribution in [0, 0.1) is 0 Å². The number of hydrogen-bond acceptors (Lipinski definition) is 5. The molecule has 1 fully saturated rings. The molecule has 5 rings (SSSR count). The highest BCUT2D eigenvalue weighted by Crippen LogP contribution is 2.44. The molecule has 0 saturated heterocycles. The maximum absolute atomic E-state index is 12.9. The van der Waals surface area contributed by atoms with Crippen molar-refractivity contribution >= 4 is 0 Å². The van der Waals surface area contributed by atoms with Crippen LogP contribution < -0.4 is 5.69 Å². The molecule has 2 aliphatic rings. The smallest absolute Gasteiger partial charge is 0.346 e. The highest BCUT2D eigenvalue weighted by molar-refractivity contribution is 5.29. The van der Waals surface area contributed by atoms with Crippen molar-refractivity contribution in [3.63, 3.8) is 0 Å². The van der Waals surface area contributed by atoms with Gasteiger partial charge in [0.25, 0.3) is 0 Å². The molecule has 7 nitrogen and oxygen atoms in total. The molecule has 1 aromatic carbocycles. The van der Waals surface area contributed by atoms with Gasteiger partial charge in [0, 0.05) is 18.8 Å². The van der Waals surface area contributed by atoms with E-state index < -0.39 is 0 Å². The van der Waals surface area contributed by atoms with Gasteiger partial charge in [-0.1, -0.05) is 12.1 Å². The third kappa shape index (κ3) is 2.34. The number of hydrogen-bond donors (Lipinski definition) is 1. The van der Waals surface area contributed by atoms with E-state index in [2.05, 4.69) is 15.1 Å². The van der Waals surface area contributed by atoms with E-state index in [0.29, 0.717) is 5.92 Å². The Kier molecular flexibility index (Phi) is 3.41. The second-order valence-corrected chi connectivity index (χ2v) is 7.11. The normalized spacial score (nSPS) is 24.2. The molecule has 1 saturated carbocycles. The highest BCUT2D eigenvalue weighted by atomic mass is 16.3. The Hall–Kier alpha value is -2.96. The number of rotatable bonds is 3. The summed E-state index contributed by atoms with van der Waals surface area (Å²) >= 11 is 0. The monoisotopic (exact) mass is 349 g/mol. The molecular weight excluding hydrogens is 330 g/mol. The summed E-state index contributed by atoms with van der Waals surface area (Å²) in [5, 5.41) is 14.0. The van der Waals surface area contributed by atoms with Crippen molar-refractivity contribution in [2.24, 2.45) is 0 Å². The Morgan fingerprint density at radius 2 is 1.92 bits per heavy atom. The molecule has 0 unspecified atom stereocenters. The topological polar surface area (TPSA) is 85.8 Å². The third-order valence-corrected chi connectivity index (χ3v) is 5.60. The molecule has 1 aliphatic carbocycles. The first-order chi connectivity index (χ1) is 12.7. The van der Waals surface area contributed by atoms with Gasteiger partial charge in [0.05, 0.1) is 24.0 Å². The van der Waals surface area contributed by atoms with E-state index in [0.717, 1.165) is 37.2 Å². The Labute approximate surface area is 150 Å². The summed E-state index contributed by atoms with van der Waals surface area (Å²) in [6, 6.07) is 7.42. The van der Waals surface area contributed by atoms with E-state index in [1.165, 1.54) is 5.56 Å². The molecule has 3 aromatic rings. The molecule has 0 spiro atoms. The Balaban J connectivity index is 1.38. The quantitative estimate of drug-likeness (QED) is 0.783. The van der Waals surface area contributed by atoms with Crippen molar-refractivity contribution in [2.45, 2.75) is 43.7 Å². The minimum Gasteiger partial charge on any atom is -0.508 e. The maximum Gasteiger partial charge on any atom is 0.346 e.